The minimum atomic E-state index is -0.625. The molecule has 162 valence electrons. The first kappa shape index (κ1) is 22.5. The summed E-state index contributed by atoms with van der Waals surface area (Å²) in [5, 5.41) is 12.8. The molecule has 0 atom stereocenters. The summed E-state index contributed by atoms with van der Waals surface area (Å²) in [4.78, 5) is 37.5. The van der Waals surface area contributed by atoms with Crippen molar-refractivity contribution in [1.82, 2.24) is 0 Å². The van der Waals surface area contributed by atoms with Gasteiger partial charge in [0.25, 0.3) is 0 Å². The number of nitrogens with zero attached hydrogens (tertiary/aromatic N) is 1. The molecule has 0 fully saturated rings. The van der Waals surface area contributed by atoms with Crippen molar-refractivity contribution in [2.24, 2.45) is 0 Å². The van der Waals surface area contributed by atoms with E-state index in [2.05, 4.69) is 11.4 Å². The molecule has 8 heteroatoms. The molecule has 1 aliphatic rings. The molecule has 0 aliphatic heterocycles. The van der Waals surface area contributed by atoms with Crippen LogP contribution in [-0.2, 0) is 27.2 Å². The lowest BCUT2D eigenvalue weighted by molar-refractivity contribution is -0.143. The van der Waals surface area contributed by atoms with Crippen molar-refractivity contribution in [2.45, 2.75) is 44.9 Å². The number of Topliss-reactive ketones (excluding diaryl/α,β-unsaturated/α-hetero) is 1. The van der Waals surface area contributed by atoms with Crippen LogP contribution in [0.25, 0.3) is 0 Å². The fourth-order valence-corrected chi connectivity index (χ4v) is 4.69. The first-order chi connectivity index (χ1) is 15.0. The number of fused-ring (bicyclic) bond motifs is 1. The number of ketones is 1. The maximum Gasteiger partial charge on any atom is 0.306 e. The molecule has 0 unspecified atom stereocenters. The van der Waals surface area contributed by atoms with E-state index in [-0.39, 0.29) is 31.1 Å². The molecular weight excluding hydrogens is 416 g/mol. The number of nitrogens with one attached hydrogen (secondary N) is 1. The second kappa shape index (κ2) is 10.7. The highest BCUT2D eigenvalue weighted by Gasteiger charge is 2.21. The van der Waals surface area contributed by atoms with Crippen molar-refractivity contribution >= 4 is 34.0 Å². The second-order valence-corrected chi connectivity index (χ2v) is 8.35. The summed E-state index contributed by atoms with van der Waals surface area (Å²) in [7, 11) is 1.53. The smallest absolute Gasteiger partial charge is 0.306 e. The van der Waals surface area contributed by atoms with E-state index in [9.17, 15) is 19.6 Å². The van der Waals surface area contributed by atoms with Gasteiger partial charge in [-0.25, -0.2) is 0 Å². The summed E-state index contributed by atoms with van der Waals surface area (Å²) < 4.78 is 10.0. The number of amides is 1. The molecule has 1 aromatic heterocycles. The lowest BCUT2D eigenvalue weighted by Crippen LogP contribution is -2.17. The molecule has 0 saturated heterocycles. The van der Waals surface area contributed by atoms with Gasteiger partial charge in [0, 0.05) is 16.9 Å². The summed E-state index contributed by atoms with van der Waals surface area (Å²) in [6.07, 6.45) is 4.85. The van der Waals surface area contributed by atoms with Crippen LogP contribution in [0.4, 0.5) is 5.00 Å². The summed E-state index contributed by atoms with van der Waals surface area (Å²) in [6.45, 7) is -0.386. The number of methoxy groups -OCH3 is 1. The van der Waals surface area contributed by atoms with Gasteiger partial charge in [0.2, 0.25) is 5.91 Å². The first-order valence-electron chi connectivity index (χ1n) is 10.2. The number of hydrogen-bond acceptors (Lipinski definition) is 7. The number of carbonyl (C=O) groups is 3. The summed E-state index contributed by atoms with van der Waals surface area (Å²) in [5.41, 5.74) is 2.01. The maximum absolute atomic E-state index is 12.3. The van der Waals surface area contributed by atoms with Gasteiger partial charge in [-0.2, -0.15) is 5.26 Å². The zero-order valence-corrected chi connectivity index (χ0v) is 18.2. The topological polar surface area (TPSA) is 105 Å². The minimum Gasteiger partial charge on any atom is -0.497 e. The van der Waals surface area contributed by atoms with Gasteiger partial charge in [0.05, 0.1) is 19.1 Å². The molecule has 7 nitrogen and oxygen atoms in total. The number of anilines is 1. The quantitative estimate of drug-likeness (QED) is 0.377. The van der Waals surface area contributed by atoms with Crippen LogP contribution in [0.2, 0.25) is 0 Å². The first-order valence-corrected chi connectivity index (χ1v) is 11.0. The molecule has 3 rings (SSSR count). The summed E-state index contributed by atoms with van der Waals surface area (Å²) in [5.74, 6) is -0.689. The Morgan fingerprint density at radius 1 is 1.10 bits per heavy atom. The Morgan fingerprint density at radius 3 is 2.55 bits per heavy atom. The van der Waals surface area contributed by atoms with E-state index in [0.717, 1.165) is 37.7 Å². The third kappa shape index (κ3) is 5.92. The van der Waals surface area contributed by atoms with Gasteiger partial charge in [-0.3, -0.25) is 14.4 Å². The number of nitriles is 1. The molecular formula is C23H24N2O5S. The van der Waals surface area contributed by atoms with Crippen molar-refractivity contribution in [1.29, 1.82) is 5.26 Å². The van der Waals surface area contributed by atoms with Gasteiger partial charge < -0.3 is 14.8 Å². The number of thiophene rings is 1. The van der Waals surface area contributed by atoms with Gasteiger partial charge in [-0.05, 0) is 55.5 Å². The Kier molecular flexibility index (Phi) is 7.79. The number of hydrogen-bond donors (Lipinski definition) is 1. The predicted molar refractivity (Wildman–Crippen MR) is 116 cm³/mol. The molecule has 1 N–H and O–H groups in total. The highest BCUT2D eigenvalue weighted by Crippen LogP contribution is 2.37. The minimum absolute atomic E-state index is 0.0804. The molecule has 1 aliphatic carbocycles. The maximum atomic E-state index is 12.3. The highest BCUT2D eigenvalue weighted by molar-refractivity contribution is 7.16. The van der Waals surface area contributed by atoms with E-state index >= 15 is 0 Å². The van der Waals surface area contributed by atoms with Crippen LogP contribution in [0, 0.1) is 11.3 Å². The Labute approximate surface area is 185 Å². The average Bonchev–Trinajstić information content (AvgIpc) is 2.94. The largest absolute Gasteiger partial charge is 0.497 e. The molecule has 0 radical (unpaired) electrons. The van der Waals surface area contributed by atoms with Crippen molar-refractivity contribution in [3.8, 4) is 11.8 Å². The number of benzene rings is 1. The molecule has 31 heavy (non-hydrogen) atoms. The Balaban J connectivity index is 1.47. The van der Waals surface area contributed by atoms with Crippen molar-refractivity contribution in [3.63, 3.8) is 0 Å². The van der Waals surface area contributed by atoms with Crippen LogP contribution >= 0.6 is 11.3 Å². The summed E-state index contributed by atoms with van der Waals surface area (Å²) in [6, 6.07) is 8.71. The fourth-order valence-electron chi connectivity index (χ4n) is 3.43. The normalized spacial score (nSPS) is 12.8. The lowest BCUT2D eigenvalue weighted by Gasteiger charge is -2.06. The van der Waals surface area contributed by atoms with Crippen LogP contribution in [0.3, 0.4) is 0 Å². The fraction of sp³-hybridized carbons (Fsp3) is 0.391. The predicted octanol–water partition coefficient (Wildman–Crippen LogP) is 4.04. The molecule has 0 saturated carbocycles. The zero-order valence-electron chi connectivity index (χ0n) is 17.4. The number of aryl methyl sites for hydroxylation is 1. The van der Waals surface area contributed by atoms with Gasteiger partial charge in [0.1, 0.15) is 16.8 Å². The van der Waals surface area contributed by atoms with Crippen molar-refractivity contribution in [3.05, 3.63) is 45.8 Å². The van der Waals surface area contributed by atoms with E-state index in [1.165, 1.54) is 23.3 Å². The Hall–Kier alpha value is -3.18. The standard InChI is InChI=1S/C23H24N2O5S/c1-29-16-9-7-15(8-10-16)19(26)14-30-22(28)12-11-21(27)25-23-18(13-24)17-5-3-2-4-6-20(17)31-23/h7-10H,2-6,11-12,14H2,1H3,(H,25,27). The zero-order chi connectivity index (χ0) is 22.2. The van der Waals surface area contributed by atoms with Crippen LogP contribution in [0.1, 0.15) is 58.5 Å². The molecule has 0 bridgehead atoms. The SMILES string of the molecule is COc1ccc(C(=O)COC(=O)CCC(=O)Nc2sc3c(c2C#N)CCCCC3)cc1. The molecule has 1 heterocycles. The van der Waals surface area contributed by atoms with E-state index in [4.69, 9.17) is 9.47 Å². The van der Waals surface area contributed by atoms with Gasteiger partial charge in [-0.15, -0.1) is 11.3 Å². The van der Waals surface area contributed by atoms with Crippen LogP contribution in [0.15, 0.2) is 24.3 Å². The van der Waals surface area contributed by atoms with Crippen LogP contribution < -0.4 is 10.1 Å². The average molecular weight is 441 g/mol. The monoisotopic (exact) mass is 440 g/mol. The lowest BCUT2D eigenvalue weighted by atomic mass is 10.1. The third-order valence-corrected chi connectivity index (χ3v) is 6.33. The number of rotatable bonds is 8. The molecule has 0 spiro atoms. The molecule has 2 aromatic rings. The third-order valence-electron chi connectivity index (χ3n) is 5.12. The van der Waals surface area contributed by atoms with Gasteiger partial charge in [0.15, 0.2) is 12.4 Å². The Bertz CT molecular complexity index is 1000. The summed E-state index contributed by atoms with van der Waals surface area (Å²) >= 11 is 1.45. The molecule has 1 amide bonds. The van der Waals surface area contributed by atoms with E-state index < -0.39 is 5.97 Å². The highest BCUT2D eigenvalue weighted by atomic mass is 32.1. The van der Waals surface area contributed by atoms with E-state index in [1.807, 2.05) is 0 Å². The van der Waals surface area contributed by atoms with E-state index in [0.29, 0.717) is 21.9 Å². The molecule has 1 aromatic carbocycles. The number of ether oxygens (including phenoxy) is 2. The Morgan fingerprint density at radius 2 is 1.84 bits per heavy atom. The number of esters is 1. The second-order valence-electron chi connectivity index (χ2n) is 7.24. The van der Waals surface area contributed by atoms with E-state index in [1.54, 1.807) is 24.3 Å². The van der Waals surface area contributed by atoms with Crippen LogP contribution in [-0.4, -0.2) is 31.4 Å². The van der Waals surface area contributed by atoms with Crippen LogP contribution in [0.5, 0.6) is 5.75 Å². The van der Waals surface area contributed by atoms with Crippen molar-refractivity contribution in [2.75, 3.05) is 19.0 Å². The number of carbonyl (C=O) groups excluding carboxylic acids is 3. The van der Waals surface area contributed by atoms with Crippen molar-refractivity contribution < 1.29 is 23.9 Å². The van der Waals surface area contributed by atoms with Gasteiger partial charge in [-0.1, -0.05) is 6.42 Å². The van der Waals surface area contributed by atoms with Gasteiger partial charge >= 0.3 is 5.97 Å².